The van der Waals surface area contributed by atoms with Crippen molar-refractivity contribution in [1.29, 1.82) is 0 Å². The molecule has 0 spiro atoms. The van der Waals surface area contributed by atoms with Gasteiger partial charge < -0.3 is 19.4 Å². The molecule has 1 atom stereocenters. The van der Waals surface area contributed by atoms with Gasteiger partial charge in [-0.1, -0.05) is 12.1 Å². The normalized spacial score (nSPS) is 22.8. The molecule has 24 heavy (non-hydrogen) atoms. The molecule has 1 aromatic carbocycles. The molecule has 1 amide bonds. The molecule has 3 aliphatic heterocycles. The number of hydrogen-bond acceptors (Lipinski definition) is 4. The standard InChI is InChI=1S/C19H27N3O2/c1-19(2,3)24-18(23)21-11-10-20-13-15-7-5-9-22(15)16-8-4-6-14(12-21)17(16)20/h4,6,8,15H,5,7,9-13H2,1-3H3/t15-/m1/s1. The summed E-state index contributed by atoms with van der Waals surface area (Å²) in [7, 11) is 0. The predicted molar refractivity (Wildman–Crippen MR) is 95.7 cm³/mol. The fraction of sp³-hybridized carbons (Fsp3) is 0.632. The van der Waals surface area contributed by atoms with Crippen LogP contribution in [0.1, 0.15) is 39.2 Å². The summed E-state index contributed by atoms with van der Waals surface area (Å²) in [6.07, 6.45) is 2.35. The molecule has 0 unspecified atom stereocenters. The molecule has 0 radical (unpaired) electrons. The van der Waals surface area contributed by atoms with Crippen LogP contribution in [0.15, 0.2) is 18.2 Å². The Morgan fingerprint density at radius 1 is 1.21 bits per heavy atom. The number of hydrogen-bond donors (Lipinski definition) is 0. The lowest BCUT2D eigenvalue weighted by molar-refractivity contribution is 0.0243. The van der Waals surface area contributed by atoms with E-state index in [-0.39, 0.29) is 6.09 Å². The van der Waals surface area contributed by atoms with Gasteiger partial charge in [-0.2, -0.15) is 0 Å². The lowest BCUT2D eigenvalue weighted by Gasteiger charge is -2.41. The van der Waals surface area contributed by atoms with Gasteiger partial charge in [-0.05, 0) is 45.2 Å². The molecule has 1 fully saturated rings. The Morgan fingerprint density at radius 2 is 2.04 bits per heavy atom. The molecule has 130 valence electrons. The monoisotopic (exact) mass is 329 g/mol. The first-order valence-corrected chi connectivity index (χ1v) is 9.04. The van der Waals surface area contributed by atoms with Crippen LogP contribution < -0.4 is 9.80 Å². The number of ether oxygens (including phenoxy) is 1. The van der Waals surface area contributed by atoms with Gasteiger partial charge in [0.05, 0.1) is 17.9 Å². The maximum Gasteiger partial charge on any atom is 0.410 e. The fourth-order valence-corrected chi connectivity index (χ4v) is 4.20. The summed E-state index contributed by atoms with van der Waals surface area (Å²) < 4.78 is 5.60. The average molecular weight is 329 g/mol. The minimum atomic E-state index is -0.454. The largest absolute Gasteiger partial charge is 0.444 e. The quantitative estimate of drug-likeness (QED) is 0.732. The molecule has 0 aliphatic carbocycles. The summed E-state index contributed by atoms with van der Waals surface area (Å²) in [5.41, 5.74) is 3.47. The van der Waals surface area contributed by atoms with E-state index in [1.54, 1.807) is 0 Å². The molecule has 3 aliphatic rings. The number of anilines is 2. The second-order valence-electron chi connectivity index (χ2n) is 8.12. The number of rotatable bonds is 0. The number of carbonyl (C=O) groups excluding carboxylic acids is 1. The van der Waals surface area contributed by atoms with Crippen molar-refractivity contribution < 1.29 is 9.53 Å². The summed E-state index contributed by atoms with van der Waals surface area (Å²) in [6.45, 7) is 10.2. The van der Waals surface area contributed by atoms with Crippen LogP contribution in [0.3, 0.4) is 0 Å². The van der Waals surface area contributed by atoms with Gasteiger partial charge in [0.15, 0.2) is 0 Å². The summed E-state index contributed by atoms with van der Waals surface area (Å²) >= 11 is 0. The van der Waals surface area contributed by atoms with Gasteiger partial charge in [-0.3, -0.25) is 0 Å². The SMILES string of the molecule is CC(C)(C)OC(=O)N1CCN2C[C@H]3CCCN3c3cccc(c32)C1. The van der Waals surface area contributed by atoms with E-state index in [1.807, 2.05) is 25.7 Å². The van der Waals surface area contributed by atoms with Crippen molar-refractivity contribution in [3.63, 3.8) is 0 Å². The van der Waals surface area contributed by atoms with Crippen LogP contribution in [-0.2, 0) is 11.3 Å². The molecular weight excluding hydrogens is 302 g/mol. The van der Waals surface area contributed by atoms with Crippen molar-refractivity contribution in [3.05, 3.63) is 23.8 Å². The van der Waals surface area contributed by atoms with Crippen LogP contribution in [0, 0.1) is 0 Å². The Labute approximate surface area is 144 Å². The van der Waals surface area contributed by atoms with E-state index in [2.05, 4.69) is 28.0 Å². The van der Waals surface area contributed by atoms with Crippen molar-refractivity contribution in [3.8, 4) is 0 Å². The Morgan fingerprint density at radius 3 is 2.83 bits per heavy atom. The van der Waals surface area contributed by atoms with Crippen LogP contribution >= 0.6 is 0 Å². The third-order valence-corrected chi connectivity index (χ3v) is 5.18. The Hall–Kier alpha value is -1.91. The Balaban J connectivity index is 1.64. The minimum absolute atomic E-state index is 0.208. The lowest BCUT2D eigenvalue weighted by Crippen LogP contribution is -2.47. The third kappa shape index (κ3) is 2.70. The van der Waals surface area contributed by atoms with Crippen LogP contribution in [0.5, 0.6) is 0 Å². The van der Waals surface area contributed by atoms with E-state index < -0.39 is 5.60 Å². The van der Waals surface area contributed by atoms with E-state index >= 15 is 0 Å². The van der Waals surface area contributed by atoms with E-state index in [0.29, 0.717) is 12.6 Å². The van der Waals surface area contributed by atoms with Gasteiger partial charge in [0.1, 0.15) is 5.60 Å². The molecule has 0 bridgehead atoms. The molecule has 5 heteroatoms. The van der Waals surface area contributed by atoms with Crippen LogP contribution in [0.2, 0.25) is 0 Å². The molecule has 3 heterocycles. The van der Waals surface area contributed by atoms with Crippen molar-refractivity contribution in [1.82, 2.24) is 4.90 Å². The maximum atomic E-state index is 12.5. The first-order chi connectivity index (χ1) is 11.4. The highest BCUT2D eigenvalue weighted by molar-refractivity contribution is 5.79. The third-order valence-electron chi connectivity index (χ3n) is 5.18. The smallest absolute Gasteiger partial charge is 0.410 e. The zero-order chi connectivity index (χ0) is 16.9. The molecule has 1 saturated heterocycles. The first kappa shape index (κ1) is 15.6. The number of nitrogens with zero attached hydrogens (tertiary/aromatic N) is 3. The van der Waals surface area contributed by atoms with E-state index in [0.717, 1.165) is 26.2 Å². The van der Waals surface area contributed by atoms with E-state index in [9.17, 15) is 4.79 Å². The highest BCUT2D eigenvalue weighted by Crippen LogP contribution is 2.42. The van der Waals surface area contributed by atoms with Crippen LogP contribution in [0.4, 0.5) is 16.2 Å². The molecule has 0 saturated carbocycles. The number of fused-ring (bicyclic) bond motifs is 2. The second kappa shape index (κ2) is 5.57. The van der Waals surface area contributed by atoms with Crippen molar-refractivity contribution in [2.75, 3.05) is 36.0 Å². The van der Waals surface area contributed by atoms with Crippen LogP contribution in [-0.4, -0.2) is 48.8 Å². The Bertz CT molecular complexity index is 653. The van der Waals surface area contributed by atoms with Crippen molar-refractivity contribution in [2.45, 2.75) is 51.8 Å². The average Bonchev–Trinajstić information content (AvgIpc) is 2.89. The number of carbonyl (C=O) groups is 1. The van der Waals surface area contributed by atoms with Gasteiger partial charge in [-0.15, -0.1) is 0 Å². The predicted octanol–water partition coefficient (Wildman–Crippen LogP) is 3.23. The highest BCUT2D eigenvalue weighted by atomic mass is 16.6. The van der Waals surface area contributed by atoms with Crippen LogP contribution in [0.25, 0.3) is 0 Å². The van der Waals surface area contributed by atoms with Crippen molar-refractivity contribution in [2.24, 2.45) is 0 Å². The minimum Gasteiger partial charge on any atom is -0.444 e. The molecule has 0 N–H and O–H groups in total. The second-order valence-corrected chi connectivity index (χ2v) is 8.12. The number of para-hydroxylation sites is 1. The van der Waals surface area contributed by atoms with Gasteiger partial charge in [-0.25, -0.2) is 4.79 Å². The number of benzene rings is 1. The van der Waals surface area contributed by atoms with Gasteiger partial charge in [0.2, 0.25) is 0 Å². The summed E-state index contributed by atoms with van der Waals surface area (Å²) in [5, 5.41) is 0. The summed E-state index contributed by atoms with van der Waals surface area (Å²) in [5.74, 6) is 0. The van der Waals surface area contributed by atoms with E-state index in [1.165, 1.54) is 29.8 Å². The summed E-state index contributed by atoms with van der Waals surface area (Å²) in [6, 6.07) is 7.16. The van der Waals surface area contributed by atoms with E-state index in [4.69, 9.17) is 4.74 Å². The zero-order valence-electron chi connectivity index (χ0n) is 14.9. The molecular formula is C19H27N3O2. The Kier molecular flexibility index (Phi) is 3.62. The molecule has 1 aromatic rings. The highest BCUT2D eigenvalue weighted by Gasteiger charge is 2.37. The maximum absolute atomic E-state index is 12.5. The first-order valence-electron chi connectivity index (χ1n) is 9.04. The summed E-state index contributed by atoms with van der Waals surface area (Å²) in [4.78, 5) is 19.4. The molecule has 0 aromatic heterocycles. The van der Waals surface area contributed by atoms with Gasteiger partial charge in [0.25, 0.3) is 0 Å². The van der Waals surface area contributed by atoms with Crippen molar-refractivity contribution >= 4 is 17.5 Å². The fourth-order valence-electron chi connectivity index (χ4n) is 4.20. The van der Waals surface area contributed by atoms with Gasteiger partial charge in [0, 0.05) is 32.2 Å². The topological polar surface area (TPSA) is 36.0 Å². The van der Waals surface area contributed by atoms with Gasteiger partial charge >= 0.3 is 6.09 Å². The number of amides is 1. The molecule has 5 nitrogen and oxygen atoms in total. The molecule has 4 rings (SSSR count). The zero-order valence-corrected chi connectivity index (χ0v) is 14.9. The lowest BCUT2D eigenvalue weighted by atomic mass is 10.0.